The fourth-order valence-electron chi connectivity index (χ4n) is 1.18. The molecule has 1 N–H and O–H groups in total. The fraction of sp³-hybridized carbons (Fsp3) is 0.600. The highest BCUT2D eigenvalue weighted by molar-refractivity contribution is 5.08. The molecule has 1 unspecified atom stereocenters. The zero-order valence-corrected chi connectivity index (χ0v) is 7.71. The molecule has 1 rings (SSSR count). The van der Waals surface area contributed by atoms with Gasteiger partial charge in [0.2, 0.25) is 0 Å². The first-order valence-corrected chi connectivity index (χ1v) is 4.32. The molecule has 0 spiro atoms. The van der Waals surface area contributed by atoms with Gasteiger partial charge in [0.15, 0.2) is 0 Å². The van der Waals surface area contributed by atoms with E-state index >= 15 is 0 Å². The van der Waals surface area contributed by atoms with Crippen molar-refractivity contribution < 1.29 is 9.52 Å². The zero-order chi connectivity index (χ0) is 9.03. The van der Waals surface area contributed by atoms with Crippen LogP contribution >= 0.6 is 0 Å². The summed E-state index contributed by atoms with van der Waals surface area (Å²) in [4.78, 5) is 0. The number of rotatable bonds is 4. The number of aliphatic hydroxyl groups excluding tert-OH is 1. The van der Waals surface area contributed by atoms with Crippen molar-refractivity contribution in [2.75, 3.05) is 6.61 Å². The highest BCUT2D eigenvalue weighted by atomic mass is 16.3. The van der Waals surface area contributed by atoms with Crippen molar-refractivity contribution in [3.8, 4) is 0 Å². The predicted octanol–water partition coefficient (Wildman–Crippen LogP) is 2.23. The van der Waals surface area contributed by atoms with Crippen molar-refractivity contribution in [3.63, 3.8) is 0 Å². The third-order valence-electron chi connectivity index (χ3n) is 2.45. The van der Waals surface area contributed by atoms with Crippen LogP contribution in [0.3, 0.4) is 0 Å². The summed E-state index contributed by atoms with van der Waals surface area (Å²) < 4.78 is 4.97. The predicted molar refractivity (Wildman–Crippen MR) is 47.9 cm³/mol. The summed E-state index contributed by atoms with van der Waals surface area (Å²) in [5.41, 5.74) is 1.16. The summed E-state index contributed by atoms with van der Waals surface area (Å²) in [5.74, 6) is 0. The van der Waals surface area contributed by atoms with E-state index in [9.17, 15) is 0 Å². The third kappa shape index (κ3) is 2.11. The van der Waals surface area contributed by atoms with E-state index in [0.717, 1.165) is 18.4 Å². The molecule has 1 heterocycles. The lowest BCUT2D eigenvalue weighted by atomic mass is 9.83. The van der Waals surface area contributed by atoms with Crippen LogP contribution in [0.25, 0.3) is 0 Å². The van der Waals surface area contributed by atoms with Crippen LogP contribution in [0.2, 0.25) is 0 Å². The maximum atomic E-state index is 9.15. The van der Waals surface area contributed by atoms with Gasteiger partial charge in [-0.3, -0.25) is 0 Å². The lowest BCUT2D eigenvalue weighted by molar-refractivity contribution is 0.137. The summed E-state index contributed by atoms with van der Waals surface area (Å²) in [6.45, 7) is 4.41. The van der Waals surface area contributed by atoms with E-state index in [-0.39, 0.29) is 12.0 Å². The first-order chi connectivity index (χ1) is 5.70. The minimum atomic E-state index is 0.00384. The molecule has 0 radical (unpaired) electrons. The quantitative estimate of drug-likeness (QED) is 0.747. The number of hydrogen-bond acceptors (Lipinski definition) is 2. The molecule has 0 aliphatic rings. The molecule has 0 fully saturated rings. The van der Waals surface area contributed by atoms with Crippen molar-refractivity contribution in [2.45, 2.75) is 26.7 Å². The van der Waals surface area contributed by atoms with E-state index in [0.29, 0.717) is 0 Å². The van der Waals surface area contributed by atoms with Crippen LogP contribution in [0.15, 0.2) is 23.0 Å². The Morgan fingerprint density at radius 2 is 2.33 bits per heavy atom. The van der Waals surface area contributed by atoms with Crippen molar-refractivity contribution in [3.05, 3.63) is 24.2 Å². The van der Waals surface area contributed by atoms with E-state index in [2.05, 4.69) is 13.8 Å². The molecule has 1 atom stereocenters. The summed E-state index contributed by atoms with van der Waals surface area (Å²) in [5, 5.41) is 9.15. The normalized spacial score (nSPS) is 15.9. The lowest BCUT2D eigenvalue weighted by Crippen LogP contribution is -2.22. The van der Waals surface area contributed by atoms with E-state index in [1.54, 1.807) is 12.5 Å². The van der Waals surface area contributed by atoms with Crippen LogP contribution in [0.4, 0.5) is 0 Å². The van der Waals surface area contributed by atoms with Gasteiger partial charge >= 0.3 is 0 Å². The maximum absolute atomic E-state index is 9.15. The molecule has 1 aromatic rings. The van der Waals surface area contributed by atoms with Gasteiger partial charge < -0.3 is 9.52 Å². The average Bonchev–Trinajstić information content (AvgIpc) is 2.57. The molecular formula is C10H16O2. The van der Waals surface area contributed by atoms with Crippen LogP contribution in [-0.2, 0) is 6.42 Å². The van der Waals surface area contributed by atoms with Crippen LogP contribution in [0.5, 0.6) is 0 Å². The second kappa shape index (κ2) is 3.76. The van der Waals surface area contributed by atoms with Gasteiger partial charge in [-0.15, -0.1) is 0 Å². The molecule has 0 aromatic carbocycles. The number of hydrogen-bond donors (Lipinski definition) is 1. The maximum Gasteiger partial charge on any atom is 0.0934 e. The molecule has 0 aliphatic carbocycles. The Morgan fingerprint density at radius 3 is 2.75 bits per heavy atom. The monoisotopic (exact) mass is 168 g/mol. The summed E-state index contributed by atoms with van der Waals surface area (Å²) in [7, 11) is 0. The van der Waals surface area contributed by atoms with Gasteiger partial charge in [-0.1, -0.05) is 13.8 Å². The fourth-order valence-corrected chi connectivity index (χ4v) is 1.18. The Balaban J connectivity index is 2.60. The number of aliphatic hydroxyl groups is 1. The Morgan fingerprint density at radius 1 is 1.58 bits per heavy atom. The molecule has 0 amide bonds. The standard InChI is InChI=1S/C10H16O2/c1-3-10(2,8-11)6-9-4-5-12-7-9/h4-5,7,11H,3,6,8H2,1-2H3. The molecular weight excluding hydrogens is 152 g/mol. The third-order valence-corrected chi connectivity index (χ3v) is 2.45. The van der Waals surface area contributed by atoms with Crippen molar-refractivity contribution in [1.82, 2.24) is 0 Å². The number of furan rings is 1. The molecule has 0 saturated carbocycles. The smallest absolute Gasteiger partial charge is 0.0934 e. The Bertz CT molecular complexity index is 210. The van der Waals surface area contributed by atoms with Crippen molar-refractivity contribution in [1.29, 1.82) is 0 Å². The van der Waals surface area contributed by atoms with Crippen LogP contribution in [-0.4, -0.2) is 11.7 Å². The van der Waals surface area contributed by atoms with Crippen molar-refractivity contribution >= 4 is 0 Å². The molecule has 12 heavy (non-hydrogen) atoms. The molecule has 0 aliphatic heterocycles. The Labute approximate surface area is 73.2 Å². The molecule has 0 saturated heterocycles. The first kappa shape index (κ1) is 9.33. The molecule has 2 nitrogen and oxygen atoms in total. The van der Waals surface area contributed by atoms with Gasteiger partial charge in [-0.05, 0) is 29.9 Å². The summed E-state index contributed by atoms with van der Waals surface area (Å²) in [6, 6.07) is 1.95. The van der Waals surface area contributed by atoms with E-state index in [1.165, 1.54) is 0 Å². The highest BCUT2D eigenvalue weighted by Crippen LogP contribution is 2.25. The van der Waals surface area contributed by atoms with Gasteiger partial charge in [-0.25, -0.2) is 0 Å². The molecule has 0 bridgehead atoms. The summed E-state index contributed by atoms with van der Waals surface area (Å²) in [6.07, 6.45) is 5.28. The van der Waals surface area contributed by atoms with Crippen LogP contribution in [0, 0.1) is 5.41 Å². The zero-order valence-electron chi connectivity index (χ0n) is 7.71. The van der Waals surface area contributed by atoms with Gasteiger partial charge in [0, 0.05) is 6.61 Å². The minimum absolute atomic E-state index is 0.00384. The Kier molecular flexibility index (Phi) is 2.93. The second-order valence-electron chi connectivity index (χ2n) is 3.63. The SMILES string of the molecule is CCC(C)(CO)Cc1ccoc1. The summed E-state index contributed by atoms with van der Waals surface area (Å²) >= 11 is 0. The topological polar surface area (TPSA) is 33.4 Å². The van der Waals surface area contributed by atoms with Crippen LogP contribution in [0.1, 0.15) is 25.8 Å². The highest BCUT2D eigenvalue weighted by Gasteiger charge is 2.21. The molecule has 2 heteroatoms. The van der Waals surface area contributed by atoms with Gasteiger partial charge in [0.1, 0.15) is 0 Å². The minimum Gasteiger partial charge on any atom is -0.472 e. The average molecular weight is 168 g/mol. The second-order valence-corrected chi connectivity index (χ2v) is 3.63. The van der Waals surface area contributed by atoms with Gasteiger partial charge in [0.05, 0.1) is 12.5 Å². The Hall–Kier alpha value is -0.760. The first-order valence-electron chi connectivity index (χ1n) is 4.32. The van der Waals surface area contributed by atoms with E-state index in [4.69, 9.17) is 9.52 Å². The van der Waals surface area contributed by atoms with E-state index < -0.39 is 0 Å². The van der Waals surface area contributed by atoms with Crippen LogP contribution < -0.4 is 0 Å². The molecule has 1 aromatic heterocycles. The molecule has 68 valence electrons. The van der Waals surface area contributed by atoms with Gasteiger partial charge in [-0.2, -0.15) is 0 Å². The largest absolute Gasteiger partial charge is 0.472 e. The lowest BCUT2D eigenvalue weighted by Gasteiger charge is -2.24. The van der Waals surface area contributed by atoms with E-state index in [1.807, 2.05) is 6.07 Å². The van der Waals surface area contributed by atoms with Gasteiger partial charge in [0.25, 0.3) is 0 Å². The van der Waals surface area contributed by atoms with Crippen molar-refractivity contribution in [2.24, 2.45) is 5.41 Å².